The van der Waals surface area contributed by atoms with Crippen molar-refractivity contribution in [2.24, 2.45) is 10.9 Å². The van der Waals surface area contributed by atoms with E-state index in [1.165, 1.54) is 0 Å². The molecule has 0 radical (unpaired) electrons. The van der Waals surface area contributed by atoms with Gasteiger partial charge in [-0.2, -0.15) is 0 Å². The fourth-order valence-electron chi connectivity index (χ4n) is 1.94. The first-order valence-electron chi connectivity index (χ1n) is 6.08. The van der Waals surface area contributed by atoms with Gasteiger partial charge in [-0.3, -0.25) is 4.79 Å². The van der Waals surface area contributed by atoms with Crippen molar-refractivity contribution in [2.75, 3.05) is 5.32 Å². The fourth-order valence-corrected chi connectivity index (χ4v) is 2.30. The minimum Gasteiger partial charge on any atom is -0.466 e. The zero-order chi connectivity index (χ0) is 15.6. The summed E-state index contributed by atoms with van der Waals surface area (Å²) in [5.74, 6) is 0.780. The smallest absolute Gasteiger partial charge is 0.259 e. The second-order valence-electron chi connectivity index (χ2n) is 4.46. The molecule has 0 fully saturated rings. The van der Waals surface area contributed by atoms with Gasteiger partial charge < -0.3 is 20.7 Å². The summed E-state index contributed by atoms with van der Waals surface area (Å²) in [4.78, 5) is 12.3. The SMILES string of the molecule is Cc1cc(C(=O)Nc2ccc(Br)cc2/C(N)=N/O)c(C)o1. The fraction of sp³-hybridized carbons (Fsp3) is 0.143. The van der Waals surface area contributed by atoms with Crippen LogP contribution in [-0.2, 0) is 0 Å². The third-order valence-corrected chi connectivity index (χ3v) is 3.39. The molecule has 0 aliphatic carbocycles. The number of nitrogens with one attached hydrogen (secondary N) is 1. The molecule has 0 spiro atoms. The Morgan fingerprint density at radius 2 is 2.05 bits per heavy atom. The van der Waals surface area contributed by atoms with E-state index in [-0.39, 0.29) is 11.7 Å². The number of hydrogen-bond acceptors (Lipinski definition) is 4. The molecule has 110 valence electrons. The lowest BCUT2D eigenvalue weighted by Gasteiger charge is -2.10. The first-order valence-corrected chi connectivity index (χ1v) is 6.87. The van der Waals surface area contributed by atoms with Crippen molar-refractivity contribution in [2.45, 2.75) is 13.8 Å². The number of anilines is 1. The summed E-state index contributed by atoms with van der Waals surface area (Å²) in [7, 11) is 0. The van der Waals surface area contributed by atoms with Crippen molar-refractivity contribution in [3.8, 4) is 0 Å². The average molecular weight is 352 g/mol. The summed E-state index contributed by atoms with van der Waals surface area (Å²) >= 11 is 3.30. The molecule has 1 aromatic carbocycles. The van der Waals surface area contributed by atoms with Gasteiger partial charge >= 0.3 is 0 Å². The molecule has 21 heavy (non-hydrogen) atoms. The van der Waals surface area contributed by atoms with Gasteiger partial charge in [-0.05, 0) is 38.1 Å². The van der Waals surface area contributed by atoms with E-state index in [1.807, 2.05) is 0 Å². The van der Waals surface area contributed by atoms with E-state index < -0.39 is 0 Å². The number of oxime groups is 1. The maximum atomic E-state index is 12.3. The molecule has 1 aromatic heterocycles. The second-order valence-corrected chi connectivity index (χ2v) is 5.37. The summed E-state index contributed by atoms with van der Waals surface area (Å²) < 4.78 is 6.08. The molecular weight excluding hydrogens is 338 g/mol. The van der Waals surface area contributed by atoms with Crippen LogP contribution in [0.25, 0.3) is 0 Å². The third-order valence-electron chi connectivity index (χ3n) is 2.90. The van der Waals surface area contributed by atoms with Gasteiger partial charge in [-0.15, -0.1) is 0 Å². The molecular formula is C14H14BrN3O3. The molecule has 1 heterocycles. The number of benzene rings is 1. The number of halogens is 1. The van der Waals surface area contributed by atoms with Crippen LogP contribution in [-0.4, -0.2) is 17.0 Å². The largest absolute Gasteiger partial charge is 0.466 e. The number of aryl methyl sites for hydroxylation is 2. The minimum atomic E-state index is -0.321. The highest BCUT2D eigenvalue weighted by Crippen LogP contribution is 2.23. The predicted molar refractivity (Wildman–Crippen MR) is 82.8 cm³/mol. The summed E-state index contributed by atoms with van der Waals surface area (Å²) in [6.45, 7) is 3.49. The van der Waals surface area contributed by atoms with Crippen LogP contribution < -0.4 is 11.1 Å². The Labute approximate surface area is 129 Å². The lowest BCUT2D eigenvalue weighted by molar-refractivity contribution is 0.102. The molecule has 0 bridgehead atoms. The Bertz CT molecular complexity index is 722. The van der Waals surface area contributed by atoms with Gasteiger partial charge in [0.05, 0.1) is 11.3 Å². The van der Waals surface area contributed by atoms with Gasteiger partial charge in [0, 0.05) is 10.0 Å². The average Bonchev–Trinajstić information content (AvgIpc) is 2.78. The van der Waals surface area contributed by atoms with Gasteiger partial charge in [0.15, 0.2) is 5.84 Å². The van der Waals surface area contributed by atoms with Crippen LogP contribution in [0.1, 0.15) is 27.4 Å². The van der Waals surface area contributed by atoms with E-state index >= 15 is 0 Å². The Morgan fingerprint density at radius 3 is 2.62 bits per heavy atom. The Hall–Kier alpha value is -2.28. The second kappa shape index (κ2) is 6.01. The van der Waals surface area contributed by atoms with Crippen molar-refractivity contribution in [1.82, 2.24) is 0 Å². The van der Waals surface area contributed by atoms with Crippen LogP contribution >= 0.6 is 15.9 Å². The highest BCUT2D eigenvalue weighted by atomic mass is 79.9. The molecule has 0 unspecified atom stereocenters. The number of rotatable bonds is 3. The summed E-state index contributed by atoms with van der Waals surface area (Å²) in [6.07, 6.45) is 0. The number of amidine groups is 1. The Morgan fingerprint density at radius 1 is 1.33 bits per heavy atom. The molecule has 0 saturated carbocycles. The number of nitrogens with zero attached hydrogens (tertiary/aromatic N) is 1. The topological polar surface area (TPSA) is 101 Å². The third kappa shape index (κ3) is 3.25. The van der Waals surface area contributed by atoms with Gasteiger partial charge in [-0.25, -0.2) is 0 Å². The van der Waals surface area contributed by atoms with Crippen molar-refractivity contribution in [3.63, 3.8) is 0 Å². The zero-order valence-electron chi connectivity index (χ0n) is 11.5. The van der Waals surface area contributed by atoms with E-state index in [0.29, 0.717) is 28.3 Å². The highest BCUT2D eigenvalue weighted by molar-refractivity contribution is 9.10. The molecule has 7 heteroatoms. The van der Waals surface area contributed by atoms with Gasteiger partial charge in [-0.1, -0.05) is 21.1 Å². The van der Waals surface area contributed by atoms with Crippen molar-refractivity contribution in [1.29, 1.82) is 0 Å². The van der Waals surface area contributed by atoms with Crippen LogP contribution in [0, 0.1) is 13.8 Å². The summed E-state index contributed by atoms with van der Waals surface area (Å²) in [5, 5.41) is 14.5. The van der Waals surface area contributed by atoms with Crippen LogP contribution in [0.3, 0.4) is 0 Å². The lowest BCUT2D eigenvalue weighted by Crippen LogP contribution is -2.19. The molecule has 1 amide bonds. The van der Waals surface area contributed by atoms with Crippen LogP contribution in [0.5, 0.6) is 0 Å². The maximum Gasteiger partial charge on any atom is 0.259 e. The first kappa shape index (κ1) is 15.1. The molecule has 2 rings (SSSR count). The predicted octanol–water partition coefficient (Wildman–Crippen LogP) is 3.01. The molecule has 0 atom stereocenters. The number of hydrogen-bond donors (Lipinski definition) is 3. The number of nitrogens with two attached hydrogens (primary N) is 1. The van der Waals surface area contributed by atoms with Crippen LogP contribution in [0.15, 0.2) is 38.3 Å². The molecule has 0 aliphatic heterocycles. The summed E-state index contributed by atoms with van der Waals surface area (Å²) in [5.41, 5.74) is 6.92. The molecule has 0 aliphatic rings. The Balaban J connectivity index is 2.35. The molecule has 2 aromatic rings. The molecule has 6 nitrogen and oxygen atoms in total. The van der Waals surface area contributed by atoms with Crippen molar-refractivity contribution < 1.29 is 14.4 Å². The van der Waals surface area contributed by atoms with E-state index in [4.69, 9.17) is 15.4 Å². The molecule has 0 saturated heterocycles. The normalized spacial score (nSPS) is 11.5. The van der Waals surface area contributed by atoms with Gasteiger partial charge in [0.25, 0.3) is 5.91 Å². The van der Waals surface area contributed by atoms with Crippen LogP contribution in [0.2, 0.25) is 0 Å². The summed E-state index contributed by atoms with van der Waals surface area (Å²) in [6, 6.07) is 6.72. The molecule has 4 N–H and O–H groups in total. The lowest BCUT2D eigenvalue weighted by atomic mass is 10.1. The van der Waals surface area contributed by atoms with E-state index in [0.717, 1.165) is 4.47 Å². The number of carbonyl (C=O) groups excluding carboxylic acids is 1. The van der Waals surface area contributed by atoms with Crippen molar-refractivity contribution in [3.05, 3.63) is 51.4 Å². The van der Waals surface area contributed by atoms with E-state index in [2.05, 4.69) is 26.4 Å². The monoisotopic (exact) mass is 351 g/mol. The number of carbonyl (C=O) groups is 1. The van der Waals surface area contributed by atoms with Gasteiger partial charge in [0.1, 0.15) is 11.5 Å². The quantitative estimate of drug-likeness (QED) is 0.342. The van der Waals surface area contributed by atoms with E-state index in [1.54, 1.807) is 38.1 Å². The van der Waals surface area contributed by atoms with Crippen molar-refractivity contribution >= 4 is 33.4 Å². The Kier molecular flexibility index (Phi) is 4.32. The van der Waals surface area contributed by atoms with Crippen LogP contribution in [0.4, 0.5) is 5.69 Å². The zero-order valence-corrected chi connectivity index (χ0v) is 13.1. The number of furan rings is 1. The minimum absolute atomic E-state index is 0.0910. The standard InChI is InChI=1S/C14H14BrN3O3/c1-7-5-10(8(2)21-7)14(19)17-12-4-3-9(15)6-11(12)13(16)18-20/h3-6,20H,1-2H3,(H2,16,18)(H,17,19). The highest BCUT2D eigenvalue weighted by Gasteiger charge is 2.16. The first-order chi connectivity index (χ1) is 9.92. The number of amides is 1. The maximum absolute atomic E-state index is 12.3. The van der Waals surface area contributed by atoms with E-state index in [9.17, 15) is 4.79 Å². The van der Waals surface area contributed by atoms with Gasteiger partial charge in [0.2, 0.25) is 0 Å².